The summed E-state index contributed by atoms with van der Waals surface area (Å²) >= 11 is 0. The van der Waals surface area contributed by atoms with E-state index in [2.05, 4.69) is 5.32 Å². The van der Waals surface area contributed by atoms with Crippen LogP contribution in [0.4, 0.5) is 0 Å². The van der Waals surface area contributed by atoms with E-state index in [0.717, 1.165) is 31.2 Å². The van der Waals surface area contributed by atoms with Crippen LogP contribution >= 0.6 is 0 Å². The van der Waals surface area contributed by atoms with Crippen LogP contribution in [0.2, 0.25) is 0 Å². The van der Waals surface area contributed by atoms with Crippen LogP contribution in [0.5, 0.6) is 0 Å². The molecule has 1 atom stereocenters. The molecule has 0 saturated heterocycles. The molecule has 2 rings (SSSR count). The summed E-state index contributed by atoms with van der Waals surface area (Å²) in [5.41, 5.74) is 0.777. The minimum Gasteiger partial charge on any atom is -0.389 e. The van der Waals surface area contributed by atoms with Crippen molar-refractivity contribution in [2.24, 2.45) is 0 Å². The van der Waals surface area contributed by atoms with Gasteiger partial charge in [0.05, 0.1) is 23.3 Å². The van der Waals surface area contributed by atoms with Gasteiger partial charge in [0.1, 0.15) is 0 Å². The van der Waals surface area contributed by atoms with Crippen LogP contribution in [0.15, 0.2) is 24.3 Å². The molecule has 0 aromatic heterocycles. The summed E-state index contributed by atoms with van der Waals surface area (Å²) in [5, 5.41) is 32.0. The number of rotatable bonds is 5. The highest BCUT2D eigenvalue weighted by Gasteiger charge is 2.30. The quantitative estimate of drug-likeness (QED) is 0.749. The van der Waals surface area contributed by atoms with Crippen molar-refractivity contribution < 1.29 is 10.2 Å². The molecule has 1 saturated carbocycles. The molecule has 0 heterocycles. The van der Waals surface area contributed by atoms with E-state index in [1.165, 1.54) is 0 Å². The van der Waals surface area contributed by atoms with Gasteiger partial charge in [-0.1, -0.05) is 25.0 Å². The topological polar surface area (TPSA) is 76.3 Å². The van der Waals surface area contributed by atoms with Gasteiger partial charge in [0.2, 0.25) is 0 Å². The van der Waals surface area contributed by atoms with Crippen molar-refractivity contribution in [2.45, 2.75) is 37.4 Å². The summed E-state index contributed by atoms with van der Waals surface area (Å²) in [6, 6.07) is 8.96. The molecule has 1 aliphatic carbocycles. The summed E-state index contributed by atoms with van der Waals surface area (Å²) in [7, 11) is 0. The summed E-state index contributed by atoms with van der Waals surface area (Å²) in [4.78, 5) is 0. The van der Waals surface area contributed by atoms with Gasteiger partial charge < -0.3 is 15.5 Å². The molecular formula is C15H20N2O2. The van der Waals surface area contributed by atoms with E-state index in [9.17, 15) is 10.2 Å². The van der Waals surface area contributed by atoms with Crippen molar-refractivity contribution in [3.05, 3.63) is 35.4 Å². The van der Waals surface area contributed by atoms with E-state index < -0.39 is 11.7 Å². The standard InChI is InChI=1S/C15H20N2O2/c16-9-12-3-5-13(6-4-12)14(18)10-17-11-15(19)7-1-2-8-15/h3-6,14,17-19H,1-2,7-8,10-11H2. The molecule has 102 valence electrons. The number of nitrogens with one attached hydrogen (secondary N) is 1. The molecule has 19 heavy (non-hydrogen) atoms. The minimum absolute atomic E-state index is 0.411. The Morgan fingerprint density at radius 1 is 1.26 bits per heavy atom. The lowest BCUT2D eigenvalue weighted by Gasteiger charge is -2.23. The Bertz CT molecular complexity index is 444. The number of hydrogen-bond acceptors (Lipinski definition) is 4. The van der Waals surface area contributed by atoms with E-state index in [4.69, 9.17) is 5.26 Å². The first-order valence-corrected chi connectivity index (χ1v) is 6.74. The van der Waals surface area contributed by atoms with Crippen molar-refractivity contribution in [3.63, 3.8) is 0 Å². The van der Waals surface area contributed by atoms with Crippen molar-refractivity contribution in [1.82, 2.24) is 5.32 Å². The molecule has 0 bridgehead atoms. The molecular weight excluding hydrogens is 240 g/mol. The van der Waals surface area contributed by atoms with Crippen LogP contribution in [0.25, 0.3) is 0 Å². The first-order valence-electron chi connectivity index (χ1n) is 6.74. The Morgan fingerprint density at radius 3 is 2.47 bits per heavy atom. The van der Waals surface area contributed by atoms with Crippen LogP contribution in [0.1, 0.15) is 42.9 Å². The van der Waals surface area contributed by atoms with Gasteiger partial charge in [-0.2, -0.15) is 5.26 Å². The molecule has 1 aromatic carbocycles. The second kappa shape index (κ2) is 6.16. The summed E-state index contributed by atoms with van der Waals surface area (Å²) in [6.07, 6.45) is 3.23. The summed E-state index contributed by atoms with van der Waals surface area (Å²) in [6.45, 7) is 0.939. The average Bonchev–Trinajstić information content (AvgIpc) is 2.86. The zero-order chi connectivity index (χ0) is 13.7. The van der Waals surface area contributed by atoms with Crippen molar-refractivity contribution in [1.29, 1.82) is 5.26 Å². The van der Waals surface area contributed by atoms with Crippen LogP contribution in [-0.2, 0) is 0 Å². The molecule has 1 aliphatic rings. The Labute approximate surface area is 113 Å². The maximum atomic E-state index is 10.2. The number of nitrogens with zero attached hydrogens (tertiary/aromatic N) is 1. The number of hydrogen-bond donors (Lipinski definition) is 3. The number of benzene rings is 1. The molecule has 1 unspecified atom stereocenters. The minimum atomic E-state index is -0.613. The zero-order valence-corrected chi connectivity index (χ0v) is 11.0. The molecule has 1 fully saturated rings. The third kappa shape index (κ3) is 3.77. The molecule has 4 heteroatoms. The van der Waals surface area contributed by atoms with E-state index in [1.54, 1.807) is 24.3 Å². The van der Waals surface area contributed by atoms with E-state index in [1.807, 2.05) is 6.07 Å². The van der Waals surface area contributed by atoms with Gasteiger partial charge >= 0.3 is 0 Å². The van der Waals surface area contributed by atoms with Gasteiger partial charge in [0, 0.05) is 13.1 Å². The fourth-order valence-electron chi connectivity index (χ4n) is 2.55. The number of aliphatic hydroxyl groups excluding tert-OH is 1. The lowest BCUT2D eigenvalue weighted by Crippen LogP contribution is -2.39. The summed E-state index contributed by atoms with van der Waals surface area (Å²) in [5.74, 6) is 0. The van der Waals surface area contributed by atoms with Crippen molar-refractivity contribution in [2.75, 3.05) is 13.1 Å². The molecule has 0 aliphatic heterocycles. The molecule has 0 radical (unpaired) electrons. The Hall–Kier alpha value is -1.41. The highest BCUT2D eigenvalue weighted by molar-refractivity contribution is 5.32. The predicted molar refractivity (Wildman–Crippen MR) is 72.4 cm³/mol. The van der Waals surface area contributed by atoms with Crippen molar-refractivity contribution >= 4 is 0 Å². The monoisotopic (exact) mass is 260 g/mol. The first kappa shape index (κ1) is 14.0. The lowest BCUT2D eigenvalue weighted by atomic mass is 10.0. The lowest BCUT2D eigenvalue weighted by molar-refractivity contribution is 0.0439. The van der Waals surface area contributed by atoms with Gasteiger partial charge in [-0.3, -0.25) is 0 Å². The van der Waals surface area contributed by atoms with Gasteiger partial charge in [0.15, 0.2) is 0 Å². The third-order valence-corrected chi connectivity index (χ3v) is 3.75. The van der Waals surface area contributed by atoms with Crippen LogP contribution in [0.3, 0.4) is 0 Å². The van der Waals surface area contributed by atoms with Gasteiger partial charge in [0.25, 0.3) is 0 Å². The second-order valence-corrected chi connectivity index (χ2v) is 5.31. The Balaban J connectivity index is 1.80. The molecule has 4 nitrogen and oxygen atoms in total. The Kier molecular flexibility index (Phi) is 4.54. The fraction of sp³-hybridized carbons (Fsp3) is 0.533. The Morgan fingerprint density at radius 2 is 1.89 bits per heavy atom. The average molecular weight is 260 g/mol. The highest BCUT2D eigenvalue weighted by atomic mass is 16.3. The van der Waals surface area contributed by atoms with Gasteiger partial charge in [-0.05, 0) is 30.5 Å². The first-order chi connectivity index (χ1) is 9.13. The highest BCUT2D eigenvalue weighted by Crippen LogP contribution is 2.28. The normalized spacial score (nSPS) is 19.0. The zero-order valence-electron chi connectivity index (χ0n) is 11.0. The largest absolute Gasteiger partial charge is 0.389 e. The van der Waals surface area contributed by atoms with E-state index >= 15 is 0 Å². The van der Waals surface area contributed by atoms with Gasteiger partial charge in [-0.25, -0.2) is 0 Å². The van der Waals surface area contributed by atoms with E-state index in [0.29, 0.717) is 18.7 Å². The van der Waals surface area contributed by atoms with Crippen LogP contribution in [-0.4, -0.2) is 28.9 Å². The third-order valence-electron chi connectivity index (χ3n) is 3.75. The van der Waals surface area contributed by atoms with E-state index in [-0.39, 0.29) is 0 Å². The summed E-state index contributed by atoms with van der Waals surface area (Å²) < 4.78 is 0. The fourth-order valence-corrected chi connectivity index (χ4v) is 2.55. The SMILES string of the molecule is N#Cc1ccc(C(O)CNCC2(O)CCCC2)cc1. The second-order valence-electron chi connectivity index (χ2n) is 5.31. The smallest absolute Gasteiger partial charge is 0.0991 e. The predicted octanol–water partition coefficient (Wildman–Crippen LogP) is 1.49. The molecule has 0 amide bonds. The number of aliphatic hydroxyl groups is 2. The number of nitriles is 1. The molecule has 0 spiro atoms. The van der Waals surface area contributed by atoms with Crippen LogP contribution in [0, 0.1) is 11.3 Å². The van der Waals surface area contributed by atoms with Gasteiger partial charge in [-0.15, -0.1) is 0 Å². The maximum Gasteiger partial charge on any atom is 0.0991 e. The maximum absolute atomic E-state index is 10.2. The molecule has 1 aromatic rings. The molecule has 3 N–H and O–H groups in total. The van der Waals surface area contributed by atoms with Crippen LogP contribution < -0.4 is 5.32 Å². The van der Waals surface area contributed by atoms with Crippen molar-refractivity contribution in [3.8, 4) is 6.07 Å².